The molecular formula is C12H9F3N2. The molecule has 0 aliphatic carbocycles. The van der Waals surface area contributed by atoms with Crippen LogP contribution in [0.15, 0.2) is 42.7 Å². The van der Waals surface area contributed by atoms with Crippen molar-refractivity contribution in [3.8, 4) is 11.1 Å². The average Bonchev–Trinajstić information content (AvgIpc) is 2.28. The molecular weight excluding hydrogens is 229 g/mol. The van der Waals surface area contributed by atoms with Crippen LogP contribution in [0.5, 0.6) is 0 Å². The van der Waals surface area contributed by atoms with Crippen LogP contribution in [-0.4, -0.2) is 4.98 Å². The Kier molecular flexibility index (Phi) is 2.75. The maximum atomic E-state index is 12.4. The van der Waals surface area contributed by atoms with Crippen LogP contribution < -0.4 is 5.73 Å². The quantitative estimate of drug-likeness (QED) is 0.827. The molecule has 0 unspecified atom stereocenters. The van der Waals surface area contributed by atoms with Crippen molar-refractivity contribution in [3.05, 3.63) is 48.3 Å². The Morgan fingerprint density at radius 3 is 2.12 bits per heavy atom. The molecule has 5 heteroatoms. The van der Waals surface area contributed by atoms with Gasteiger partial charge in [-0.05, 0) is 23.8 Å². The Morgan fingerprint density at radius 1 is 0.941 bits per heavy atom. The van der Waals surface area contributed by atoms with Gasteiger partial charge in [0, 0.05) is 18.0 Å². The van der Waals surface area contributed by atoms with Gasteiger partial charge in [-0.15, -0.1) is 0 Å². The molecule has 0 saturated carbocycles. The van der Waals surface area contributed by atoms with Gasteiger partial charge in [-0.3, -0.25) is 4.98 Å². The van der Waals surface area contributed by atoms with E-state index in [0.717, 1.165) is 12.1 Å². The Balaban J connectivity index is 2.36. The molecule has 2 nitrogen and oxygen atoms in total. The summed E-state index contributed by atoms with van der Waals surface area (Å²) in [6.07, 6.45) is -1.28. The van der Waals surface area contributed by atoms with E-state index in [2.05, 4.69) is 4.98 Å². The molecule has 1 aromatic heterocycles. The maximum absolute atomic E-state index is 12.4. The second kappa shape index (κ2) is 4.08. The highest BCUT2D eigenvalue weighted by Gasteiger charge is 2.29. The summed E-state index contributed by atoms with van der Waals surface area (Å²) >= 11 is 0. The van der Waals surface area contributed by atoms with Crippen LogP contribution in [0.25, 0.3) is 11.1 Å². The van der Waals surface area contributed by atoms with Crippen LogP contribution in [0.1, 0.15) is 5.56 Å². The van der Waals surface area contributed by atoms with Crippen molar-refractivity contribution in [2.24, 2.45) is 0 Å². The van der Waals surface area contributed by atoms with Gasteiger partial charge in [-0.2, -0.15) is 13.2 Å². The number of nitrogens with two attached hydrogens (primary N) is 1. The van der Waals surface area contributed by atoms with Crippen LogP contribution in [0.3, 0.4) is 0 Å². The first-order valence-electron chi connectivity index (χ1n) is 4.85. The lowest BCUT2D eigenvalue weighted by atomic mass is 10.1. The molecule has 2 N–H and O–H groups in total. The van der Waals surface area contributed by atoms with E-state index in [1.165, 1.54) is 18.3 Å². The minimum Gasteiger partial charge on any atom is -0.397 e. The van der Waals surface area contributed by atoms with Gasteiger partial charge < -0.3 is 5.73 Å². The molecule has 0 spiro atoms. The first-order chi connectivity index (χ1) is 7.97. The van der Waals surface area contributed by atoms with Crippen molar-refractivity contribution < 1.29 is 13.2 Å². The lowest BCUT2D eigenvalue weighted by Gasteiger charge is -2.07. The first kappa shape index (κ1) is 11.4. The molecule has 17 heavy (non-hydrogen) atoms. The number of anilines is 1. The third-order valence-electron chi connectivity index (χ3n) is 2.30. The van der Waals surface area contributed by atoms with Crippen molar-refractivity contribution in [1.29, 1.82) is 0 Å². The Morgan fingerprint density at radius 2 is 1.59 bits per heavy atom. The number of hydrogen-bond donors (Lipinski definition) is 1. The first-order valence-corrected chi connectivity index (χ1v) is 4.85. The highest BCUT2D eigenvalue weighted by Crippen LogP contribution is 2.30. The van der Waals surface area contributed by atoms with E-state index in [-0.39, 0.29) is 0 Å². The standard InChI is InChI=1S/C12H9F3N2/c13-12(14,15)10-3-1-8(2-4-10)9-5-11(16)7-17-6-9/h1-7H,16H2. The number of alkyl halides is 3. The van der Waals surface area contributed by atoms with Crippen LogP contribution >= 0.6 is 0 Å². The summed E-state index contributed by atoms with van der Waals surface area (Å²) in [5.41, 5.74) is 6.70. The van der Waals surface area contributed by atoms with Gasteiger partial charge in [0.15, 0.2) is 0 Å². The number of halogens is 3. The Labute approximate surface area is 95.9 Å². The highest BCUT2D eigenvalue weighted by atomic mass is 19.4. The van der Waals surface area contributed by atoms with Gasteiger partial charge in [-0.1, -0.05) is 12.1 Å². The Hall–Kier alpha value is -2.04. The number of nitrogens with zero attached hydrogens (tertiary/aromatic N) is 1. The van der Waals surface area contributed by atoms with Gasteiger partial charge in [0.2, 0.25) is 0 Å². The fraction of sp³-hybridized carbons (Fsp3) is 0.0833. The number of benzene rings is 1. The molecule has 1 heterocycles. The molecule has 0 bridgehead atoms. The van der Waals surface area contributed by atoms with E-state index in [4.69, 9.17) is 5.73 Å². The molecule has 1 aromatic carbocycles. The summed E-state index contributed by atoms with van der Waals surface area (Å²) in [6.45, 7) is 0. The summed E-state index contributed by atoms with van der Waals surface area (Å²) in [5.74, 6) is 0. The fourth-order valence-corrected chi connectivity index (χ4v) is 1.47. The second-order valence-corrected chi connectivity index (χ2v) is 3.58. The van der Waals surface area contributed by atoms with Gasteiger partial charge in [0.25, 0.3) is 0 Å². The van der Waals surface area contributed by atoms with Crippen molar-refractivity contribution in [2.45, 2.75) is 6.18 Å². The minimum atomic E-state index is -4.31. The molecule has 0 fully saturated rings. The number of aromatic nitrogens is 1. The molecule has 0 radical (unpaired) electrons. The number of nitrogen functional groups attached to an aromatic ring is 1. The zero-order valence-corrected chi connectivity index (χ0v) is 8.70. The van der Waals surface area contributed by atoms with Crippen LogP contribution in [-0.2, 0) is 6.18 Å². The number of rotatable bonds is 1. The summed E-state index contributed by atoms with van der Waals surface area (Å²) in [5, 5.41) is 0. The van der Waals surface area contributed by atoms with E-state index < -0.39 is 11.7 Å². The minimum absolute atomic E-state index is 0.474. The molecule has 0 amide bonds. The maximum Gasteiger partial charge on any atom is 0.416 e. The van der Waals surface area contributed by atoms with Gasteiger partial charge in [0.1, 0.15) is 0 Å². The predicted molar refractivity (Wildman–Crippen MR) is 59.1 cm³/mol. The fourth-order valence-electron chi connectivity index (χ4n) is 1.47. The second-order valence-electron chi connectivity index (χ2n) is 3.58. The van der Waals surface area contributed by atoms with E-state index in [1.807, 2.05) is 0 Å². The molecule has 88 valence electrons. The largest absolute Gasteiger partial charge is 0.416 e. The van der Waals surface area contributed by atoms with Crippen LogP contribution in [0.4, 0.5) is 18.9 Å². The van der Waals surface area contributed by atoms with Gasteiger partial charge in [0.05, 0.1) is 11.3 Å². The zero-order chi connectivity index (χ0) is 12.5. The monoisotopic (exact) mass is 238 g/mol. The van der Waals surface area contributed by atoms with Gasteiger partial charge >= 0.3 is 6.18 Å². The van der Waals surface area contributed by atoms with Gasteiger partial charge in [-0.25, -0.2) is 0 Å². The molecule has 2 rings (SSSR count). The summed E-state index contributed by atoms with van der Waals surface area (Å²) in [7, 11) is 0. The molecule has 0 atom stereocenters. The average molecular weight is 238 g/mol. The zero-order valence-electron chi connectivity index (χ0n) is 8.70. The van der Waals surface area contributed by atoms with E-state index >= 15 is 0 Å². The Bertz CT molecular complexity index is 518. The van der Waals surface area contributed by atoms with Crippen molar-refractivity contribution in [3.63, 3.8) is 0 Å². The summed E-state index contributed by atoms with van der Waals surface area (Å²) < 4.78 is 37.1. The predicted octanol–water partition coefficient (Wildman–Crippen LogP) is 3.35. The molecule has 2 aromatic rings. The van der Waals surface area contributed by atoms with E-state index in [0.29, 0.717) is 16.8 Å². The SMILES string of the molecule is Nc1cncc(-c2ccc(C(F)(F)F)cc2)c1. The van der Waals surface area contributed by atoms with Crippen molar-refractivity contribution in [2.75, 3.05) is 5.73 Å². The molecule has 0 aliphatic heterocycles. The summed E-state index contributed by atoms with van der Waals surface area (Å²) in [6, 6.07) is 6.55. The third-order valence-corrected chi connectivity index (χ3v) is 2.30. The topological polar surface area (TPSA) is 38.9 Å². The number of pyridine rings is 1. The number of hydrogen-bond acceptors (Lipinski definition) is 2. The van der Waals surface area contributed by atoms with Crippen LogP contribution in [0, 0.1) is 0 Å². The highest BCUT2D eigenvalue weighted by molar-refractivity contribution is 5.66. The molecule has 0 saturated heterocycles. The third kappa shape index (κ3) is 2.55. The normalized spacial score (nSPS) is 11.5. The van der Waals surface area contributed by atoms with E-state index in [9.17, 15) is 13.2 Å². The van der Waals surface area contributed by atoms with E-state index in [1.54, 1.807) is 12.3 Å². The molecule has 0 aliphatic rings. The van der Waals surface area contributed by atoms with Crippen molar-refractivity contribution >= 4 is 5.69 Å². The van der Waals surface area contributed by atoms with Crippen LogP contribution in [0.2, 0.25) is 0 Å². The lowest BCUT2D eigenvalue weighted by Crippen LogP contribution is -2.04. The smallest absolute Gasteiger partial charge is 0.397 e. The lowest BCUT2D eigenvalue weighted by molar-refractivity contribution is -0.137. The van der Waals surface area contributed by atoms with Crippen molar-refractivity contribution in [1.82, 2.24) is 4.98 Å². The summed E-state index contributed by atoms with van der Waals surface area (Å²) in [4.78, 5) is 3.88.